The Morgan fingerprint density at radius 2 is 2.03 bits per heavy atom. The van der Waals surface area contributed by atoms with Crippen LogP contribution >= 0.6 is 11.3 Å². The number of amides is 2. The molecule has 1 aromatic heterocycles. The van der Waals surface area contributed by atoms with E-state index in [9.17, 15) is 22.8 Å². The Morgan fingerprint density at radius 3 is 2.70 bits per heavy atom. The summed E-state index contributed by atoms with van der Waals surface area (Å²) in [5, 5.41) is 4.68. The van der Waals surface area contributed by atoms with Gasteiger partial charge in [-0.3, -0.25) is 14.5 Å². The highest BCUT2D eigenvalue weighted by atomic mass is 32.1. The molecule has 1 aromatic carbocycles. The average molecular weight is 442 g/mol. The summed E-state index contributed by atoms with van der Waals surface area (Å²) in [6.45, 7) is 2.92. The SMILES string of the molecule is O=C(CN(CCN1CCOCC1)C(=O)c1cccc(C(F)(F)F)c1)Nc1nccs1. The van der Waals surface area contributed by atoms with E-state index in [4.69, 9.17) is 4.74 Å². The van der Waals surface area contributed by atoms with Gasteiger partial charge in [-0.15, -0.1) is 11.3 Å². The number of hydrogen-bond acceptors (Lipinski definition) is 6. The first-order valence-corrected chi connectivity index (χ1v) is 10.2. The molecule has 11 heteroatoms. The van der Waals surface area contributed by atoms with Gasteiger partial charge in [-0.05, 0) is 18.2 Å². The molecule has 0 radical (unpaired) electrons. The van der Waals surface area contributed by atoms with Crippen LogP contribution in [0.4, 0.5) is 18.3 Å². The van der Waals surface area contributed by atoms with Gasteiger partial charge in [0.15, 0.2) is 5.13 Å². The number of nitrogens with zero attached hydrogens (tertiary/aromatic N) is 3. The number of aromatic nitrogens is 1. The number of halogens is 3. The number of benzene rings is 1. The lowest BCUT2D eigenvalue weighted by molar-refractivity contribution is -0.137. The van der Waals surface area contributed by atoms with Crippen molar-refractivity contribution in [3.05, 3.63) is 47.0 Å². The van der Waals surface area contributed by atoms with Gasteiger partial charge in [-0.25, -0.2) is 4.98 Å². The Labute approximate surface area is 175 Å². The molecule has 1 fully saturated rings. The topological polar surface area (TPSA) is 74.8 Å². The minimum atomic E-state index is -4.56. The zero-order chi connectivity index (χ0) is 21.6. The van der Waals surface area contributed by atoms with Gasteiger partial charge in [-0.1, -0.05) is 6.07 Å². The van der Waals surface area contributed by atoms with Crippen LogP contribution in [0.1, 0.15) is 15.9 Å². The Bertz CT molecular complexity index is 855. The first kappa shape index (κ1) is 22.2. The largest absolute Gasteiger partial charge is 0.416 e. The summed E-state index contributed by atoms with van der Waals surface area (Å²) in [6, 6.07) is 4.22. The van der Waals surface area contributed by atoms with Gasteiger partial charge >= 0.3 is 6.18 Å². The zero-order valence-corrected chi connectivity index (χ0v) is 16.8. The van der Waals surface area contributed by atoms with Gasteiger partial charge in [0.25, 0.3) is 5.91 Å². The molecule has 1 saturated heterocycles. The smallest absolute Gasteiger partial charge is 0.379 e. The van der Waals surface area contributed by atoms with Crippen LogP contribution in [0.25, 0.3) is 0 Å². The standard InChI is InChI=1S/C19H21F3N4O3S/c20-19(21,22)15-3-1-2-14(12-15)17(28)26(6-5-25-7-9-29-10-8-25)13-16(27)24-18-23-4-11-30-18/h1-4,11-12H,5-10,13H2,(H,23,24,27). The molecule has 1 aliphatic rings. The molecule has 30 heavy (non-hydrogen) atoms. The number of thiazole rings is 1. The number of carbonyl (C=O) groups excluding carboxylic acids is 2. The number of alkyl halides is 3. The molecule has 2 amide bonds. The van der Waals surface area contributed by atoms with Gasteiger partial charge in [0, 0.05) is 43.3 Å². The highest BCUT2D eigenvalue weighted by molar-refractivity contribution is 7.13. The summed E-state index contributed by atoms with van der Waals surface area (Å²) >= 11 is 1.23. The molecule has 1 N–H and O–H groups in total. The first-order valence-electron chi connectivity index (χ1n) is 9.29. The fourth-order valence-corrected chi connectivity index (χ4v) is 3.51. The molecule has 3 rings (SSSR count). The Kier molecular flexibility index (Phi) is 7.40. The average Bonchev–Trinajstić information content (AvgIpc) is 3.23. The first-order chi connectivity index (χ1) is 14.3. The fraction of sp³-hybridized carbons (Fsp3) is 0.421. The van der Waals surface area contributed by atoms with Crippen LogP contribution in [0.15, 0.2) is 35.8 Å². The molecule has 0 unspecified atom stereocenters. The van der Waals surface area contributed by atoms with E-state index in [0.717, 1.165) is 12.1 Å². The quantitative estimate of drug-likeness (QED) is 0.714. The highest BCUT2D eigenvalue weighted by Gasteiger charge is 2.31. The summed E-state index contributed by atoms with van der Waals surface area (Å²) < 4.78 is 44.4. The van der Waals surface area contributed by atoms with Gasteiger partial charge in [0.1, 0.15) is 6.54 Å². The van der Waals surface area contributed by atoms with E-state index in [1.165, 1.54) is 34.6 Å². The van der Waals surface area contributed by atoms with Gasteiger partial charge in [0.2, 0.25) is 5.91 Å². The lowest BCUT2D eigenvalue weighted by Gasteiger charge is -2.30. The normalized spacial score (nSPS) is 15.0. The highest BCUT2D eigenvalue weighted by Crippen LogP contribution is 2.29. The van der Waals surface area contributed by atoms with Crippen LogP contribution in [0.2, 0.25) is 0 Å². The molecule has 0 atom stereocenters. The molecule has 7 nitrogen and oxygen atoms in total. The number of carbonyl (C=O) groups is 2. The second-order valence-corrected chi connectivity index (χ2v) is 7.54. The van der Waals surface area contributed by atoms with Crippen LogP contribution in [0.5, 0.6) is 0 Å². The Balaban J connectivity index is 1.73. The van der Waals surface area contributed by atoms with Crippen LogP contribution in [0, 0.1) is 0 Å². The van der Waals surface area contributed by atoms with Crippen molar-refractivity contribution < 1.29 is 27.5 Å². The summed E-state index contributed by atoms with van der Waals surface area (Å²) in [7, 11) is 0. The summed E-state index contributed by atoms with van der Waals surface area (Å²) in [6.07, 6.45) is -3.03. The van der Waals surface area contributed by atoms with E-state index in [2.05, 4.69) is 15.2 Å². The predicted molar refractivity (Wildman–Crippen MR) is 105 cm³/mol. The minimum absolute atomic E-state index is 0.117. The number of nitrogens with one attached hydrogen (secondary N) is 1. The molecule has 2 aromatic rings. The van der Waals surface area contributed by atoms with E-state index in [-0.39, 0.29) is 18.7 Å². The van der Waals surface area contributed by atoms with E-state index in [0.29, 0.717) is 38.0 Å². The zero-order valence-electron chi connectivity index (χ0n) is 16.0. The molecule has 2 heterocycles. The van der Waals surface area contributed by atoms with E-state index in [1.807, 2.05) is 0 Å². The molecule has 0 bridgehead atoms. The molecule has 162 valence electrons. The van der Waals surface area contributed by atoms with E-state index < -0.39 is 23.6 Å². The lowest BCUT2D eigenvalue weighted by atomic mass is 10.1. The van der Waals surface area contributed by atoms with Gasteiger partial charge in [-0.2, -0.15) is 13.2 Å². The van der Waals surface area contributed by atoms with Crippen molar-refractivity contribution in [2.75, 3.05) is 51.3 Å². The third-order valence-corrected chi connectivity index (χ3v) is 5.22. The number of anilines is 1. The Hall–Kier alpha value is -2.50. The second kappa shape index (κ2) is 10.0. The van der Waals surface area contributed by atoms with Crippen molar-refractivity contribution in [2.45, 2.75) is 6.18 Å². The summed E-state index contributed by atoms with van der Waals surface area (Å²) in [5.41, 5.74) is -1.03. The molecule has 0 aliphatic carbocycles. The minimum Gasteiger partial charge on any atom is -0.379 e. The van der Waals surface area contributed by atoms with Gasteiger partial charge < -0.3 is 15.0 Å². The van der Waals surface area contributed by atoms with E-state index in [1.54, 1.807) is 5.38 Å². The van der Waals surface area contributed by atoms with Crippen molar-refractivity contribution in [1.82, 2.24) is 14.8 Å². The molecule has 0 spiro atoms. The van der Waals surface area contributed by atoms with Crippen LogP contribution in [-0.2, 0) is 15.7 Å². The number of rotatable bonds is 7. The van der Waals surface area contributed by atoms with Crippen molar-refractivity contribution in [1.29, 1.82) is 0 Å². The molecule has 0 saturated carbocycles. The second-order valence-electron chi connectivity index (χ2n) is 6.64. The monoisotopic (exact) mass is 442 g/mol. The van der Waals surface area contributed by atoms with Crippen molar-refractivity contribution in [3.8, 4) is 0 Å². The van der Waals surface area contributed by atoms with Crippen LogP contribution < -0.4 is 5.32 Å². The van der Waals surface area contributed by atoms with Crippen molar-refractivity contribution in [3.63, 3.8) is 0 Å². The van der Waals surface area contributed by atoms with Gasteiger partial charge in [0.05, 0.1) is 18.8 Å². The van der Waals surface area contributed by atoms with Crippen LogP contribution in [-0.4, -0.2) is 72.5 Å². The maximum atomic E-state index is 13.0. The number of hydrogen-bond donors (Lipinski definition) is 1. The summed E-state index contributed by atoms with van der Waals surface area (Å²) in [5.74, 6) is -1.10. The lowest BCUT2D eigenvalue weighted by Crippen LogP contribution is -2.45. The third kappa shape index (κ3) is 6.25. The molecular formula is C19H21F3N4O3S. The fourth-order valence-electron chi connectivity index (χ4n) is 2.97. The number of morpholine rings is 1. The maximum Gasteiger partial charge on any atom is 0.416 e. The molecular weight excluding hydrogens is 421 g/mol. The maximum absolute atomic E-state index is 13.0. The predicted octanol–water partition coefficient (Wildman–Crippen LogP) is 2.58. The molecule has 1 aliphatic heterocycles. The van der Waals surface area contributed by atoms with Crippen LogP contribution in [0.3, 0.4) is 0 Å². The van der Waals surface area contributed by atoms with Crippen molar-refractivity contribution >= 4 is 28.3 Å². The van der Waals surface area contributed by atoms with Crippen molar-refractivity contribution in [2.24, 2.45) is 0 Å². The van der Waals surface area contributed by atoms with E-state index >= 15 is 0 Å². The Morgan fingerprint density at radius 1 is 1.27 bits per heavy atom. The summed E-state index contributed by atoms with van der Waals surface area (Å²) in [4.78, 5) is 32.6. The number of ether oxygens (including phenoxy) is 1. The third-order valence-electron chi connectivity index (χ3n) is 4.53.